The molecule has 0 saturated carbocycles. The number of hydrogen-bond donors (Lipinski definition) is 0. The van der Waals surface area contributed by atoms with Crippen LogP contribution in [-0.4, -0.2) is 4.57 Å². The van der Waals surface area contributed by atoms with E-state index in [1.165, 1.54) is 28.8 Å². The van der Waals surface area contributed by atoms with E-state index in [-0.39, 0.29) is 30.3 Å². The van der Waals surface area contributed by atoms with Gasteiger partial charge in [-0.25, -0.2) is 8.78 Å². The van der Waals surface area contributed by atoms with Gasteiger partial charge in [0.05, 0.1) is 6.54 Å². The van der Waals surface area contributed by atoms with Crippen LogP contribution in [0.1, 0.15) is 11.1 Å². The Bertz CT molecular complexity index is 939. The molecule has 0 aliphatic rings. The molecule has 3 rings (SSSR count). The van der Waals surface area contributed by atoms with Gasteiger partial charge in [-0.15, -0.1) is 0 Å². The van der Waals surface area contributed by atoms with Gasteiger partial charge in [-0.05, 0) is 64.0 Å². The minimum atomic E-state index is -0.334. The lowest BCUT2D eigenvalue weighted by molar-refractivity contribution is 0.302. The summed E-state index contributed by atoms with van der Waals surface area (Å²) in [6.07, 6.45) is 1.62. The number of hydrogen-bond acceptors (Lipinski definition) is 2. The lowest BCUT2D eigenvalue weighted by Gasteiger charge is -2.11. The smallest absolute Gasteiger partial charge is 0.268 e. The van der Waals surface area contributed by atoms with E-state index in [2.05, 4.69) is 0 Å². The van der Waals surface area contributed by atoms with Gasteiger partial charge < -0.3 is 9.30 Å². The minimum Gasteiger partial charge on any atom is -0.488 e. The van der Waals surface area contributed by atoms with Crippen molar-refractivity contribution in [2.75, 3.05) is 0 Å². The monoisotopic (exact) mass is 453 g/mol. The second-order valence-corrected chi connectivity index (χ2v) is 6.55. The Labute approximate surface area is 157 Å². The van der Waals surface area contributed by atoms with E-state index in [0.29, 0.717) is 14.9 Å². The van der Waals surface area contributed by atoms with E-state index in [0.717, 1.165) is 5.56 Å². The van der Waals surface area contributed by atoms with Gasteiger partial charge in [0.25, 0.3) is 5.56 Å². The third-order valence-corrected chi connectivity index (χ3v) is 4.61. The van der Waals surface area contributed by atoms with Gasteiger partial charge >= 0.3 is 0 Å². The summed E-state index contributed by atoms with van der Waals surface area (Å²) in [5.41, 5.74) is 1.31. The summed E-state index contributed by atoms with van der Waals surface area (Å²) in [7, 11) is 0. The average molecular weight is 453 g/mol. The second kappa shape index (κ2) is 7.77. The molecule has 0 amide bonds. The van der Waals surface area contributed by atoms with Crippen molar-refractivity contribution < 1.29 is 13.5 Å². The van der Waals surface area contributed by atoms with Crippen LogP contribution in [-0.2, 0) is 13.2 Å². The highest BCUT2D eigenvalue weighted by Crippen LogP contribution is 2.18. The molecule has 2 aromatic carbocycles. The van der Waals surface area contributed by atoms with Crippen LogP contribution in [0.15, 0.2) is 65.6 Å². The van der Waals surface area contributed by atoms with Gasteiger partial charge in [0.1, 0.15) is 27.6 Å². The minimum absolute atomic E-state index is 0.207. The second-order valence-electron chi connectivity index (χ2n) is 5.47. The third kappa shape index (κ3) is 4.45. The van der Waals surface area contributed by atoms with Crippen LogP contribution in [0.2, 0.25) is 0 Å². The van der Waals surface area contributed by atoms with Gasteiger partial charge in [-0.2, -0.15) is 0 Å². The maximum absolute atomic E-state index is 13.3. The first kappa shape index (κ1) is 17.6. The molecule has 128 valence electrons. The van der Waals surface area contributed by atoms with Crippen molar-refractivity contribution >= 4 is 22.6 Å². The van der Waals surface area contributed by atoms with E-state index in [9.17, 15) is 13.6 Å². The highest BCUT2D eigenvalue weighted by atomic mass is 127. The molecular formula is C19H14F2INO2. The molecule has 3 nitrogen and oxygen atoms in total. The Kier molecular flexibility index (Phi) is 5.47. The number of nitrogens with zero attached hydrogens (tertiary/aromatic N) is 1. The standard InChI is InChI=1S/C19H14F2INO2/c20-15-6-4-13(5-7-15)12-25-17-8-9-23(19(24)18(17)22)11-14-2-1-3-16(21)10-14/h1-10H,11-12H2. The average Bonchev–Trinajstić information content (AvgIpc) is 2.60. The van der Waals surface area contributed by atoms with E-state index in [1.54, 1.807) is 36.5 Å². The summed E-state index contributed by atoms with van der Waals surface area (Å²) in [5, 5.41) is 0. The van der Waals surface area contributed by atoms with Crippen molar-refractivity contribution in [3.63, 3.8) is 0 Å². The maximum Gasteiger partial charge on any atom is 0.268 e. The zero-order valence-corrected chi connectivity index (χ0v) is 15.2. The number of rotatable bonds is 5. The Morgan fingerprint density at radius 2 is 1.72 bits per heavy atom. The first-order chi connectivity index (χ1) is 12.0. The molecule has 0 bridgehead atoms. The van der Waals surface area contributed by atoms with Gasteiger partial charge in [-0.1, -0.05) is 24.3 Å². The largest absolute Gasteiger partial charge is 0.488 e. The molecule has 0 N–H and O–H groups in total. The number of benzene rings is 2. The predicted molar refractivity (Wildman–Crippen MR) is 99.7 cm³/mol. The summed E-state index contributed by atoms with van der Waals surface area (Å²) in [4.78, 5) is 12.5. The lowest BCUT2D eigenvalue weighted by atomic mass is 10.2. The first-order valence-corrected chi connectivity index (χ1v) is 8.61. The summed E-state index contributed by atoms with van der Waals surface area (Å²) in [6, 6.07) is 13.8. The SMILES string of the molecule is O=c1c(I)c(OCc2ccc(F)cc2)ccn1Cc1cccc(F)c1. The van der Waals surface area contributed by atoms with Crippen molar-refractivity contribution in [3.8, 4) is 5.75 Å². The summed E-state index contributed by atoms with van der Waals surface area (Å²) >= 11 is 1.94. The van der Waals surface area contributed by atoms with E-state index in [4.69, 9.17) is 4.74 Å². The predicted octanol–water partition coefficient (Wildman–Crippen LogP) is 4.36. The molecule has 0 fully saturated rings. The molecule has 0 aliphatic carbocycles. The molecular weight excluding hydrogens is 439 g/mol. The molecule has 0 unspecified atom stereocenters. The first-order valence-electron chi connectivity index (χ1n) is 7.53. The fourth-order valence-corrected chi connectivity index (χ4v) is 2.99. The summed E-state index contributed by atoms with van der Waals surface area (Å²) in [6.45, 7) is 0.522. The summed E-state index contributed by atoms with van der Waals surface area (Å²) in [5.74, 6) is -0.178. The fraction of sp³-hybridized carbons (Fsp3) is 0.105. The van der Waals surface area contributed by atoms with Crippen LogP contribution in [0.25, 0.3) is 0 Å². The van der Waals surface area contributed by atoms with Crippen LogP contribution >= 0.6 is 22.6 Å². The fourth-order valence-electron chi connectivity index (χ4n) is 2.34. The van der Waals surface area contributed by atoms with Crippen LogP contribution < -0.4 is 10.3 Å². The number of halogens is 3. The lowest BCUT2D eigenvalue weighted by Crippen LogP contribution is -2.23. The van der Waals surface area contributed by atoms with Crippen molar-refractivity contribution in [3.05, 3.63) is 97.5 Å². The third-order valence-electron chi connectivity index (χ3n) is 3.62. The van der Waals surface area contributed by atoms with Crippen LogP contribution in [0.3, 0.4) is 0 Å². The topological polar surface area (TPSA) is 31.2 Å². The zero-order valence-electron chi connectivity index (χ0n) is 13.1. The van der Waals surface area contributed by atoms with E-state index >= 15 is 0 Å². The summed E-state index contributed by atoms with van der Waals surface area (Å²) < 4.78 is 33.8. The van der Waals surface area contributed by atoms with Crippen LogP contribution in [0.5, 0.6) is 5.75 Å². The Hall–Kier alpha value is -2.22. The van der Waals surface area contributed by atoms with E-state index < -0.39 is 0 Å². The van der Waals surface area contributed by atoms with E-state index in [1.807, 2.05) is 22.6 Å². The molecule has 0 aliphatic heterocycles. The van der Waals surface area contributed by atoms with Gasteiger partial charge in [-0.3, -0.25) is 4.79 Å². The molecule has 0 saturated heterocycles. The Balaban J connectivity index is 1.75. The maximum atomic E-state index is 13.3. The number of ether oxygens (including phenoxy) is 1. The number of aromatic nitrogens is 1. The van der Waals surface area contributed by atoms with Gasteiger partial charge in [0, 0.05) is 6.20 Å². The highest BCUT2D eigenvalue weighted by molar-refractivity contribution is 14.1. The molecule has 0 spiro atoms. The molecule has 1 heterocycles. The molecule has 1 aromatic heterocycles. The van der Waals surface area contributed by atoms with Crippen LogP contribution in [0, 0.1) is 15.2 Å². The normalized spacial score (nSPS) is 10.7. The van der Waals surface area contributed by atoms with Gasteiger partial charge in [0.15, 0.2) is 0 Å². The van der Waals surface area contributed by atoms with Crippen LogP contribution in [0.4, 0.5) is 8.78 Å². The quantitative estimate of drug-likeness (QED) is 0.538. The molecule has 0 atom stereocenters. The molecule has 3 aromatic rings. The molecule has 0 radical (unpaired) electrons. The van der Waals surface area contributed by atoms with Gasteiger partial charge in [0.2, 0.25) is 0 Å². The molecule has 25 heavy (non-hydrogen) atoms. The Morgan fingerprint density at radius 3 is 2.44 bits per heavy atom. The highest BCUT2D eigenvalue weighted by Gasteiger charge is 2.09. The molecule has 6 heteroatoms. The number of pyridine rings is 1. The van der Waals surface area contributed by atoms with Crippen molar-refractivity contribution in [2.45, 2.75) is 13.2 Å². The van der Waals surface area contributed by atoms with Crippen molar-refractivity contribution in [1.82, 2.24) is 4.57 Å². The van der Waals surface area contributed by atoms with Crippen molar-refractivity contribution in [1.29, 1.82) is 0 Å². The van der Waals surface area contributed by atoms with Crippen molar-refractivity contribution in [2.24, 2.45) is 0 Å². The Morgan fingerprint density at radius 1 is 0.960 bits per heavy atom. The zero-order chi connectivity index (χ0) is 17.8.